The standard InChI is InChI=1S/C19H16N.2C18H14N.C13H11BrN.2C13H12N.C6H7BO2.C2HBr.2Ir/c1-14-8-11-19(20-13-14)17-10-9-15(2)18(12-17)16-6-4-3-5-7-16;2*1-14-7-9-15(10-8-14)17-11-12-19-18(13-17)16-5-3-2-4-6-16;1-9-3-6-13(15-8-9)11-5-4-10(2)12(14)7-11;2*1-10-3-6-12(7-4-10)13-8-5-11(2)9-14-13;8-7(9)6-4-2-1-3-5-6;1-2-3;;/h3-9,11-13H,1-2H3;2*2-5,7-13H,1H3;3-4,6-8H,1-2H3;2*3-6,8-9H,1-2H3;1-5,8-9H;1H;;/q6*-1;;;2*+3/i6*1D3;;;;. The first-order valence-corrected chi connectivity index (χ1v) is 36.8. The molecule has 0 aliphatic rings. The first-order chi connectivity index (χ1) is 62.0. The van der Waals surface area contributed by atoms with Crippen molar-refractivity contribution in [2.45, 2.75) is 68.8 Å². The number of benzene rings is 10. The van der Waals surface area contributed by atoms with E-state index in [2.05, 4.69) is 122 Å². The van der Waals surface area contributed by atoms with E-state index >= 15 is 0 Å². The second kappa shape index (κ2) is 48.2. The second-order valence-electron chi connectivity index (χ2n) is 24.9. The molecule has 0 aliphatic carbocycles. The van der Waals surface area contributed by atoms with Crippen LogP contribution in [0.4, 0.5) is 0 Å². The summed E-state index contributed by atoms with van der Waals surface area (Å²) in [6.07, 6.45) is 14.4. The fraction of sp³-hybridized carbons (Fsp3) is 0.0980. The van der Waals surface area contributed by atoms with Crippen LogP contribution in [0.25, 0.3) is 101 Å². The molecule has 572 valence electrons. The summed E-state index contributed by atoms with van der Waals surface area (Å²) in [5, 5.41) is 17.2. The number of hydrogen-bond acceptors (Lipinski definition) is 8. The zero-order valence-corrected chi connectivity index (χ0v) is 70.8. The van der Waals surface area contributed by atoms with E-state index in [4.69, 9.17) is 34.7 Å². The molecule has 0 radical (unpaired) electrons. The average molecular weight is 2000 g/mol. The summed E-state index contributed by atoms with van der Waals surface area (Å²) in [7, 11) is -1.34. The fourth-order valence-corrected chi connectivity index (χ4v) is 10.8. The molecule has 10 aromatic carbocycles. The first-order valence-electron chi connectivity index (χ1n) is 44.2. The molecule has 0 saturated carbocycles. The molecule has 0 spiro atoms. The molecule has 6 heterocycles. The largest absolute Gasteiger partial charge is 3.00 e. The number of halogens is 2. The van der Waals surface area contributed by atoms with Gasteiger partial charge in [0.2, 0.25) is 0 Å². The van der Waals surface area contributed by atoms with Crippen molar-refractivity contribution >= 4 is 44.4 Å². The van der Waals surface area contributed by atoms with Gasteiger partial charge in [-0.2, -0.15) is 0 Å². The molecular weight excluding hydrogens is 1900 g/mol. The minimum atomic E-state index is -2.13. The van der Waals surface area contributed by atoms with Crippen LogP contribution in [0.2, 0.25) is 0 Å². The normalized spacial score (nSPS) is 12.8. The van der Waals surface area contributed by atoms with Gasteiger partial charge in [-0.05, 0) is 148 Å². The van der Waals surface area contributed by atoms with E-state index in [1.54, 1.807) is 122 Å². The predicted octanol–water partition coefficient (Wildman–Crippen LogP) is 24.5. The van der Waals surface area contributed by atoms with E-state index < -0.39 is 48.2 Å². The van der Waals surface area contributed by atoms with Gasteiger partial charge >= 0.3 is 47.3 Å². The zero-order valence-electron chi connectivity index (χ0n) is 80.8. The van der Waals surface area contributed by atoms with Gasteiger partial charge in [0.05, 0.1) is 0 Å². The molecule has 13 heteroatoms. The van der Waals surface area contributed by atoms with Crippen molar-refractivity contribution in [1.82, 2.24) is 29.9 Å². The molecule has 16 rings (SSSR count). The molecule has 115 heavy (non-hydrogen) atoms. The number of aryl methyl sites for hydroxylation is 10. The molecular formula is C102H87BBr2Ir2N6O2. The Morgan fingerprint density at radius 3 is 1.04 bits per heavy atom. The molecule has 0 bridgehead atoms. The maximum Gasteiger partial charge on any atom is 3.00 e. The minimum Gasteiger partial charge on any atom is -0.423 e. The molecule has 16 aromatic rings. The Hall–Kier alpha value is -11.1. The Morgan fingerprint density at radius 1 is 0.330 bits per heavy atom. The van der Waals surface area contributed by atoms with Crippen molar-refractivity contribution in [3.05, 3.63) is 425 Å². The van der Waals surface area contributed by atoms with Gasteiger partial charge in [-0.15, -0.1) is 208 Å². The summed E-state index contributed by atoms with van der Waals surface area (Å²) in [6, 6.07) is 106. The monoisotopic (exact) mass is 2000 g/mol. The molecule has 2 N–H and O–H groups in total. The van der Waals surface area contributed by atoms with Gasteiger partial charge in [0, 0.05) is 77.8 Å². The van der Waals surface area contributed by atoms with Crippen LogP contribution in [0, 0.1) is 116 Å². The topological polar surface area (TPSA) is 118 Å². The van der Waals surface area contributed by atoms with E-state index in [0.717, 1.165) is 122 Å². The minimum absolute atomic E-state index is 0. The van der Waals surface area contributed by atoms with Crippen LogP contribution < -0.4 is 5.46 Å². The molecule has 0 unspecified atom stereocenters. The van der Waals surface area contributed by atoms with Crippen molar-refractivity contribution in [2.75, 3.05) is 0 Å². The molecule has 0 saturated heterocycles. The van der Waals surface area contributed by atoms with Crippen molar-refractivity contribution in [3.63, 3.8) is 0 Å². The number of aromatic nitrogens is 6. The zero-order chi connectivity index (χ0) is 95.3. The Labute approximate surface area is 749 Å². The van der Waals surface area contributed by atoms with Crippen LogP contribution in [0.5, 0.6) is 0 Å². The molecule has 8 nitrogen and oxygen atoms in total. The molecule has 0 fully saturated rings. The van der Waals surface area contributed by atoms with Crippen LogP contribution in [-0.4, -0.2) is 47.1 Å². The van der Waals surface area contributed by atoms with Gasteiger partial charge in [-0.25, -0.2) is 0 Å². The van der Waals surface area contributed by atoms with E-state index in [1.807, 2.05) is 198 Å². The predicted molar refractivity (Wildman–Crippen MR) is 476 cm³/mol. The van der Waals surface area contributed by atoms with E-state index in [1.165, 1.54) is 24.5 Å². The number of rotatable bonds is 10. The van der Waals surface area contributed by atoms with Crippen LogP contribution in [0.15, 0.2) is 333 Å². The number of terminal acetylenes is 1. The quantitative estimate of drug-likeness (QED) is 0.0790. The number of nitrogens with zero attached hydrogens (tertiary/aromatic N) is 6. The van der Waals surface area contributed by atoms with Gasteiger partial charge in [-0.1, -0.05) is 235 Å². The van der Waals surface area contributed by atoms with Gasteiger partial charge < -0.3 is 40.0 Å². The average Bonchev–Trinajstić information content (AvgIpc) is 0.826. The maximum atomic E-state index is 8.58. The summed E-state index contributed by atoms with van der Waals surface area (Å²) in [4.78, 5) is 27.8. The number of pyridine rings is 6. The Balaban J connectivity index is 0.000000213. The van der Waals surface area contributed by atoms with E-state index in [-0.39, 0.29) is 51.3 Å². The smallest absolute Gasteiger partial charge is 0.423 e. The SMILES string of the molecule is C#CBr.OB(O)c1ccccc1.[2H]C([2H])([2H])c1c[c-]c(-c2ccc(C)cn2)cc1.[2H]C([2H])([2H])c1c[c-]c(-c2ccc(C)cn2)cc1.[2H]C([2H])([2H])c1ccc(-c2[c-]cc(C)c(-c3ccccc3)c2)nc1.[2H]C([2H])([2H])c1ccc(-c2[c-]cc(C)c(Br)c2)nc1.[2H]C([2H])([2H])c1ccc(-c2ccnc(-c3[c-]cccc3)c2)cc1.[2H]C([2H])([2H])c1ccc(-c2ccnc(-c3[c-]cccc3)c2)cc1.[Ir+3].[Ir+3]. The Kier molecular flexibility index (Phi) is 28.2. The van der Waals surface area contributed by atoms with E-state index in [9.17, 15) is 0 Å². The van der Waals surface area contributed by atoms with Gasteiger partial charge in [-0.3, -0.25) is 0 Å². The van der Waals surface area contributed by atoms with Crippen molar-refractivity contribution in [2.24, 2.45) is 0 Å². The first kappa shape index (κ1) is 67.3. The van der Waals surface area contributed by atoms with Gasteiger partial charge in [0.15, 0.2) is 0 Å². The fourth-order valence-electron chi connectivity index (χ4n) is 10.4. The second-order valence-corrected chi connectivity index (χ2v) is 26.2. The third kappa shape index (κ3) is 30.0. The van der Waals surface area contributed by atoms with Gasteiger partial charge in [0.1, 0.15) is 0 Å². The Morgan fingerprint density at radius 2 is 0.687 bits per heavy atom. The summed E-state index contributed by atoms with van der Waals surface area (Å²) in [6.45, 7) is -4.55. The van der Waals surface area contributed by atoms with Crippen molar-refractivity contribution in [3.8, 4) is 112 Å². The summed E-state index contributed by atoms with van der Waals surface area (Å²) < 4.78 is 133. The maximum absolute atomic E-state index is 8.58. The third-order valence-corrected chi connectivity index (χ3v) is 17.3. The molecule has 6 aromatic heterocycles. The van der Waals surface area contributed by atoms with Gasteiger partial charge in [0.25, 0.3) is 0 Å². The van der Waals surface area contributed by atoms with Crippen LogP contribution in [0.1, 0.15) is 80.3 Å². The molecule has 0 aliphatic heterocycles. The van der Waals surface area contributed by atoms with Crippen molar-refractivity contribution < 1.29 is 74.9 Å². The molecule has 0 atom stereocenters. The van der Waals surface area contributed by atoms with Crippen LogP contribution in [-0.2, 0) is 40.2 Å². The summed E-state index contributed by atoms with van der Waals surface area (Å²) >= 11 is 6.13. The molecule has 0 amide bonds. The summed E-state index contributed by atoms with van der Waals surface area (Å²) in [5.41, 5.74) is 22.8. The number of hydrogen-bond donors (Lipinski definition) is 2. The van der Waals surface area contributed by atoms with E-state index in [0.29, 0.717) is 33.4 Å². The van der Waals surface area contributed by atoms with Crippen molar-refractivity contribution in [1.29, 1.82) is 0 Å². The summed E-state index contributed by atoms with van der Waals surface area (Å²) in [5.74, 6) is 0. The Bertz CT molecular complexity index is 6060. The van der Waals surface area contributed by atoms with Crippen LogP contribution in [0.3, 0.4) is 0 Å². The third-order valence-electron chi connectivity index (χ3n) is 16.4. The van der Waals surface area contributed by atoms with Crippen LogP contribution >= 0.6 is 31.9 Å².